The minimum atomic E-state index is -0.132. The highest BCUT2D eigenvalue weighted by atomic mass is 17.1. The van der Waals surface area contributed by atoms with E-state index in [2.05, 4.69) is 69.9 Å². The Balaban J connectivity index is 0.000000157. The van der Waals surface area contributed by atoms with Gasteiger partial charge in [-0.25, -0.2) is 4.89 Å². The summed E-state index contributed by atoms with van der Waals surface area (Å²) in [6, 6.07) is 28.3. The van der Waals surface area contributed by atoms with Gasteiger partial charge in [0.1, 0.15) is 19.0 Å². The van der Waals surface area contributed by atoms with E-state index in [1.165, 1.54) is 85.1 Å². The van der Waals surface area contributed by atoms with Crippen LogP contribution in [0.3, 0.4) is 0 Å². The zero-order valence-corrected chi connectivity index (χ0v) is 41.4. The predicted octanol–water partition coefficient (Wildman–Crippen LogP) is 9.29. The monoisotopic (exact) mass is 965 g/mol. The number of hydrogen-bond donors (Lipinski definition) is 4. The van der Waals surface area contributed by atoms with Crippen LogP contribution in [0.2, 0.25) is 0 Å². The van der Waals surface area contributed by atoms with Gasteiger partial charge in [0.25, 0.3) is 0 Å². The van der Waals surface area contributed by atoms with Crippen molar-refractivity contribution in [2.75, 3.05) is 39.5 Å². The third-order valence-electron chi connectivity index (χ3n) is 17.6. The van der Waals surface area contributed by atoms with Gasteiger partial charge in [0.15, 0.2) is 5.78 Å². The number of ether oxygens (including phenoxy) is 1. The normalized spacial score (nSPS) is 29.7. The van der Waals surface area contributed by atoms with Crippen molar-refractivity contribution in [1.82, 2.24) is 9.96 Å². The standard InChI is InChI=1S/C33H33NO4.C30H35NO3/c35-32-11-9-28(17-31(32)33-18-25-13-26(19-33)15-27(14-25)20-33)30-10-8-23(7-4-12-38-37)16-29(30)22-34(36)21-24-5-2-1-3-6-24;32-9-1-2-21-3-5-27(26(15-21)20-31-7-10-34-11-8-31)25-4-6-29(33)28(16-25)30-17-22-12-23(18-30)14-24(13-22)19-30/h1-3,5-6,8-11,16-17,22,25-27,36-37H,12-15,18-21H2;3-6,15-16,22-24,32-33H,7-14,17-20H2. The SMILES string of the molecule is O=C1C=CC(=c2ccc(C#CCOO)cc2=CN(O)Cc2ccccc2)C=C1C12CC3CC(CC(C3)C1)C2.OCC#Cc1ccc(-c2ccc(O)c(C34CC5CC(CC(C5)C3)C4)c2)c(CN2CCOCC2)c1. The number of allylic oxidation sites excluding steroid dienone is 4. The molecular weight excluding hydrogens is 897 g/mol. The molecule has 0 unspecified atom stereocenters. The Morgan fingerprint density at radius 2 is 1.36 bits per heavy atom. The lowest BCUT2D eigenvalue weighted by Crippen LogP contribution is -2.48. The van der Waals surface area contributed by atoms with E-state index in [4.69, 9.17) is 15.1 Å². The first-order valence-electron chi connectivity index (χ1n) is 26.6. The van der Waals surface area contributed by atoms with E-state index in [-0.39, 0.29) is 29.8 Å². The molecule has 0 radical (unpaired) electrons. The predicted molar refractivity (Wildman–Crippen MR) is 279 cm³/mol. The van der Waals surface area contributed by atoms with Crippen LogP contribution in [0.1, 0.15) is 105 Å². The number of phenolic OH excluding ortho intramolecular Hbond substituents is 1. The van der Waals surface area contributed by atoms with Gasteiger partial charge in [0.05, 0.1) is 19.8 Å². The van der Waals surface area contributed by atoms with Crippen molar-refractivity contribution < 1.29 is 35.1 Å². The van der Waals surface area contributed by atoms with Gasteiger partial charge in [0, 0.05) is 53.3 Å². The molecule has 14 rings (SSSR count). The molecule has 4 aromatic carbocycles. The van der Waals surface area contributed by atoms with Gasteiger partial charge >= 0.3 is 0 Å². The van der Waals surface area contributed by atoms with Gasteiger partial charge < -0.3 is 14.9 Å². The summed E-state index contributed by atoms with van der Waals surface area (Å²) in [6.45, 7) is 4.38. The number of benzene rings is 4. The van der Waals surface area contributed by atoms with Gasteiger partial charge in [-0.15, -0.1) is 0 Å². The Bertz CT molecular complexity index is 2930. The summed E-state index contributed by atoms with van der Waals surface area (Å²) in [5, 5.41) is 42.6. The molecule has 0 aromatic heterocycles. The van der Waals surface area contributed by atoms with Crippen molar-refractivity contribution in [3.8, 4) is 40.6 Å². The third kappa shape index (κ3) is 10.4. The number of hydroxylamine groups is 2. The maximum Gasteiger partial charge on any atom is 0.182 e. The summed E-state index contributed by atoms with van der Waals surface area (Å²) in [5.74, 6) is 17.1. The zero-order chi connectivity index (χ0) is 49.2. The fraction of sp³-hybridized carbons (Fsp3) is 0.444. The molecule has 9 fully saturated rings. The molecule has 1 aliphatic heterocycles. The van der Waals surface area contributed by atoms with E-state index in [9.17, 15) is 15.1 Å². The van der Waals surface area contributed by atoms with Crippen molar-refractivity contribution in [1.29, 1.82) is 0 Å². The second kappa shape index (κ2) is 21.0. The quantitative estimate of drug-likeness (QED) is 0.0739. The largest absolute Gasteiger partial charge is 0.508 e. The second-order valence-corrected chi connectivity index (χ2v) is 22.6. The molecule has 4 aromatic rings. The van der Waals surface area contributed by atoms with E-state index >= 15 is 0 Å². The lowest BCUT2D eigenvalue weighted by molar-refractivity contribution is -0.229. The first-order chi connectivity index (χ1) is 35.1. The highest BCUT2D eigenvalue weighted by Crippen LogP contribution is 2.64. The maximum absolute atomic E-state index is 13.3. The smallest absolute Gasteiger partial charge is 0.182 e. The topological polar surface area (TPSA) is 123 Å². The number of aliphatic hydroxyl groups is 1. The number of rotatable bonds is 9. The number of aromatic hydroxyl groups is 1. The number of morpholine rings is 1. The number of ketones is 1. The summed E-state index contributed by atoms with van der Waals surface area (Å²) in [6.07, 6.45) is 22.8. The van der Waals surface area contributed by atoms with Crippen LogP contribution in [-0.2, 0) is 32.9 Å². The van der Waals surface area contributed by atoms with E-state index in [1.54, 1.807) is 12.3 Å². The summed E-state index contributed by atoms with van der Waals surface area (Å²) in [7, 11) is 0. The second-order valence-electron chi connectivity index (χ2n) is 22.6. The van der Waals surface area contributed by atoms with Crippen molar-refractivity contribution >= 4 is 17.6 Å². The highest BCUT2D eigenvalue weighted by Gasteiger charge is 2.54. The fourth-order valence-electron chi connectivity index (χ4n) is 15.5. The number of carbonyl (C=O) groups excluding carboxylic acids is 1. The number of phenols is 1. The summed E-state index contributed by atoms with van der Waals surface area (Å²) in [4.78, 5) is 19.8. The maximum atomic E-state index is 13.3. The summed E-state index contributed by atoms with van der Waals surface area (Å²) >= 11 is 0. The fourth-order valence-corrected chi connectivity index (χ4v) is 15.5. The number of hydrogen-bond acceptors (Lipinski definition) is 9. The van der Waals surface area contributed by atoms with Crippen LogP contribution >= 0.6 is 0 Å². The molecule has 72 heavy (non-hydrogen) atoms. The van der Waals surface area contributed by atoms with E-state index in [0.717, 1.165) is 126 Å². The average Bonchev–Trinajstić information content (AvgIpc) is 3.36. The first kappa shape index (κ1) is 48.5. The molecule has 10 aliphatic rings. The highest BCUT2D eigenvalue weighted by molar-refractivity contribution is 6.10. The van der Waals surface area contributed by atoms with Crippen molar-refractivity contribution in [3.63, 3.8) is 0 Å². The summed E-state index contributed by atoms with van der Waals surface area (Å²) in [5.41, 5.74) is 9.63. The molecule has 4 N–H and O–H groups in total. The molecule has 0 amide bonds. The van der Waals surface area contributed by atoms with Gasteiger partial charge in [-0.3, -0.25) is 25.2 Å². The molecule has 9 heteroatoms. The van der Waals surface area contributed by atoms with Crippen molar-refractivity contribution in [2.45, 2.75) is 95.6 Å². The van der Waals surface area contributed by atoms with Crippen molar-refractivity contribution in [3.05, 3.63) is 147 Å². The first-order valence-corrected chi connectivity index (χ1v) is 26.6. The molecule has 0 spiro atoms. The lowest BCUT2D eigenvalue weighted by atomic mass is 9.47. The number of aliphatic hydroxyl groups excluding tert-OH is 1. The zero-order valence-electron chi connectivity index (χ0n) is 41.4. The van der Waals surface area contributed by atoms with Gasteiger partial charge in [0.2, 0.25) is 0 Å². The molecule has 8 saturated carbocycles. The number of carbonyl (C=O) groups is 1. The molecule has 9 nitrogen and oxygen atoms in total. The molecular formula is C63H68N2O7. The molecule has 1 saturated heterocycles. The molecule has 9 aliphatic carbocycles. The van der Waals surface area contributed by atoms with E-state index < -0.39 is 0 Å². The van der Waals surface area contributed by atoms with E-state index in [1.807, 2.05) is 60.7 Å². The van der Waals surface area contributed by atoms with Gasteiger partial charge in [-0.2, -0.15) is 0 Å². The summed E-state index contributed by atoms with van der Waals surface area (Å²) < 4.78 is 5.56. The number of nitrogens with zero attached hydrogens (tertiary/aromatic N) is 2. The van der Waals surface area contributed by atoms with Gasteiger partial charge in [-0.05, 0) is 205 Å². The van der Waals surface area contributed by atoms with E-state index in [0.29, 0.717) is 12.3 Å². The van der Waals surface area contributed by atoms with Crippen LogP contribution < -0.4 is 10.4 Å². The Hall–Kier alpha value is -5.75. The van der Waals surface area contributed by atoms with Crippen LogP contribution in [0.5, 0.6) is 5.75 Å². The minimum Gasteiger partial charge on any atom is -0.508 e. The molecule has 8 bridgehead atoms. The third-order valence-corrected chi connectivity index (χ3v) is 17.6. The molecule has 372 valence electrons. The molecule has 1 heterocycles. The Morgan fingerprint density at radius 3 is 2.01 bits per heavy atom. The average molecular weight is 965 g/mol. The lowest BCUT2D eigenvalue weighted by Gasteiger charge is -2.57. The van der Waals surface area contributed by atoms with Crippen molar-refractivity contribution in [2.24, 2.45) is 40.9 Å². The Kier molecular flexibility index (Phi) is 14.2. The minimum absolute atomic E-state index is 0.0117. The Labute approximate surface area is 424 Å². The van der Waals surface area contributed by atoms with Gasteiger partial charge in [-0.1, -0.05) is 78.3 Å². The van der Waals surface area contributed by atoms with Crippen LogP contribution in [-0.4, -0.2) is 75.9 Å². The molecule has 0 atom stereocenters. The van der Waals surface area contributed by atoms with Crippen LogP contribution in [0.15, 0.2) is 109 Å². The van der Waals surface area contributed by atoms with Crippen LogP contribution in [0.25, 0.3) is 22.9 Å². The van der Waals surface area contributed by atoms with Crippen LogP contribution in [0.4, 0.5) is 0 Å². The Morgan fingerprint density at radius 1 is 0.736 bits per heavy atom. The van der Waals surface area contributed by atoms with Crippen LogP contribution in [0, 0.1) is 64.6 Å².